The van der Waals surface area contributed by atoms with Crippen molar-refractivity contribution in [3.8, 4) is 11.5 Å². The predicted octanol–water partition coefficient (Wildman–Crippen LogP) is 6.16. The number of hydrogen-bond donors (Lipinski definition) is 0. The van der Waals surface area contributed by atoms with Crippen LogP contribution in [0.25, 0.3) is 11.0 Å². The molecule has 218 valence electrons. The van der Waals surface area contributed by atoms with Crippen molar-refractivity contribution in [2.24, 2.45) is 0 Å². The lowest BCUT2D eigenvalue weighted by molar-refractivity contribution is -0.0592. The minimum absolute atomic E-state index is 0.179. The van der Waals surface area contributed by atoms with E-state index in [9.17, 15) is 4.79 Å². The number of piperidine rings is 1. The van der Waals surface area contributed by atoms with Gasteiger partial charge in [-0.3, -0.25) is 4.90 Å². The van der Waals surface area contributed by atoms with Gasteiger partial charge in [-0.1, -0.05) is 35.9 Å². The van der Waals surface area contributed by atoms with Gasteiger partial charge in [0.05, 0.1) is 42.9 Å². The van der Waals surface area contributed by atoms with Crippen LogP contribution in [-0.2, 0) is 22.6 Å². The Hall–Kier alpha value is -3.59. The summed E-state index contributed by atoms with van der Waals surface area (Å²) < 4.78 is 25.7. The van der Waals surface area contributed by atoms with Gasteiger partial charge in [0, 0.05) is 17.2 Å². The first-order chi connectivity index (χ1) is 20.6. The molecule has 0 saturated carbocycles. The minimum Gasteiger partial charge on any atom is -0.485 e. The molecule has 8 nitrogen and oxygen atoms in total. The highest BCUT2D eigenvalue weighted by atomic mass is 35.5. The Morgan fingerprint density at radius 3 is 2.67 bits per heavy atom. The van der Waals surface area contributed by atoms with Gasteiger partial charge >= 0.3 is 5.97 Å². The van der Waals surface area contributed by atoms with E-state index < -0.39 is 0 Å². The zero-order chi connectivity index (χ0) is 28.6. The molecule has 0 bridgehead atoms. The third-order valence-electron chi connectivity index (χ3n) is 8.70. The fourth-order valence-electron chi connectivity index (χ4n) is 6.30. The van der Waals surface area contributed by atoms with E-state index in [4.69, 9.17) is 35.5 Å². The van der Waals surface area contributed by atoms with Crippen molar-refractivity contribution in [1.29, 1.82) is 0 Å². The smallest absolute Gasteiger partial charge is 0.337 e. The molecule has 42 heavy (non-hydrogen) atoms. The maximum absolute atomic E-state index is 12.2. The molecule has 0 spiro atoms. The molecule has 7 rings (SSSR count). The average Bonchev–Trinajstić information content (AvgIpc) is 3.34. The van der Waals surface area contributed by atoms with Crippen molar-refractivity contribution in [2.75, 3.05) is 33.4 Å². The van der Waals surface area contributed by atoms with E-state index in [1.165, 1.54) is 12.7 Å². The number of methoxy groups -OCH3 is 1. The van der Waals surface area contributed by atoms with Crippen molar-refractivity contribution in [2.45, 2.75) is 50.5 Å². The van der Waals surface area contributed by atoms with Crippen molar-refractivity contribution >= 4 is 28.6 Å². The lowest BCUT2D eigenvalue weighted by Gasteiger charge is -2.35. The average molecular weight is 588 g/mol. The Bertz CT molecular complexity index is 1610. The maximum atomic E-state index is 12.2. The van der Waals surface area contributed by atoms with E-state index in [1.807, 2.05) is 42.5 Å². The second-order valence-corrected chi connectivity index (χ2v) is 11.7. The number of carbonyl (C=O) groups is 1. The maximum Gasteiger partial charge on any atom is 0.337 e. The quantitative estimate of drug-likeness (QED) is 0.240. The van der Waals surface area contributed by atoms with Crippen LogP contribution in [-0.4, -0.2) is 59.9 Å². The Morgan fingerprint density at radius 2 is 1.90 bits per heavy atom. The second-order valence-electron chi connectivity index (χ2n) is 11.3. The van der Waals surface area contributed by atoms with Crippen LogP contribution in [0.2, 0.25) is 5.02 Å². The van der Waals surface area contributed by atoms with Crippen LogP contribution in [0.1, 0.15) is 58.6 Å². The number of benzene rings is 3. The summed E-state index contributed by atoms with van der Waals surface area (Å²) in [6, 6.07) is 19.6. The monoisotopic (exact) mass is 587 g/mol. The molecule has 1 aromatic heterocycles. The van der Waals surface area contributed by atoms with Crippen LogP contribution < -0.4 is 9.47 Å². The standard InChI is InChI=1S/C33H34ClN3O5/c1-39-33(38)23-8-9-27-28(17-23)37(18-25-12-15-40-25)31(35-27)19-36-13-10-21(11-14-36)26-6-3-7-29-32(26)41-20-30(42-29)22-4-2-5-24(34)16-22/h2-9,16-17,21,25,30H,10-15,18-20H2,1H3/t25-,30-/m0/s1. The molecule has 4 heterocycles. The number of imidazole rings is 1. The molecule has 0 N–H and O–H groups in total. The Labute approximate surface area is 250 Å². The summed E-state index contributed by atoms with van der Waals surface area (Å²) in [4.78, 5) is 19.7. The molecule has 3 aliphatic heterocycles. The number of ether oxygens (including phenoxy) is 4. The SMILES string of the molecule is COC(=O)c1ccc2nc(CN3CCC(c4cccc5c4OC[C@@H](c4cccc(Cl)c4)O5)CC3)n(C[C@@H]3CCO3)c2c1. The Balaban J connectivity index is 1.05. The number of esters is 1. The summed E-state index contributed by atoms with van der Waals surface area (Å²) in [6.45, 7) is 4.65. The summed E-state index contributed by atoms with van der Waals surface area (Å²) >= 11 is 6.21. The fraction of sp³-hybridized carbons (Fsp3) is 0.394. The second kappa shape index (κ2) is 11.6. The summed E-state index contributed by atoms with van der Waals surface area (Å²) in [5.41, 5.74) is 4.60. The molecule has 0 amide bonds. The van der Waals surface area contributed by atoms with E-state index in [2.05, 4.69) is 21.6 Å². The lowest BCUT2D eigenvalue weighted by Crippen LogP contribution is -2.35. The molecular formula is C33H34ClN3O5. The molecule has 2 saturated heterocycles. The first-order valence-electron chi connectivity index (χ1n) is 14.6. The van der Waals surface area contributed by atoms with E-state index in [-0.39, 0.29) is 18.2 Å². The van der Waals surface area contributed by atoms with Crippen molar-refractivity contribution < 1.29 is 23.7 Å². The third-order valence-corrected chi connectivity index (χ3v) is 8.93. The van der Waals surface area contributed by atoms with Gasteiger partial charge in [0.2, 0.25) is 0 Å². The molecule has 4 aromatic rings. The number of hydrogen-bond acceptors (Lipinski definition) is 7. The van der Waals surface area contributed by atoms with Crippen LogP contribution in [0, 0.1) is 0 Å². The van der Waals surface area contributed by atoms with Gasteiger partial charge in [-0.05, 0) is 80.2 Å². The number of fused-ring (bicyclic) bond motifs is 2. The Morgan fingerprint density at radius 1 is 1.07 bits per heavy atom. The highest BCUT2D eigenvalue weighted by molar-refractivity contribution is 6.30. The summed E-state index contributed by atoms with van der Waals surface area (Å²) in [7, 11) is 1.41. The summed E-state index contributed by atoms with van der Waals surface area (Å²) in [5, 5.41) is 0.695. The highest BCUT2D eigenvalue weighted by Crippen LogP contribution is 2.44. The number of halogens is 1. The van der Waals surface area contributed by atoms with Crippen LogP contribution >= 0.6 is 11.6 Å². The molecule has 2 atom stereocenters. The van der Waals surface area contributed by atoms with E-state index >= 15 is 0 Å². The van der Waals surface area contributed by atoms with Gasteiger partial charge in [-0.2, -0.15) is 0 Å². The molecule has 0 aliphatic carbocycles. The van der Waals surface area contributed by atoms with Crippen LogP contribution in [0.3, 0.4) is 0 Å². The normalized spacial score (nSPS) is 20.8. The molecule has 3 aliphatic rings. The number of nitrogens with zero attached hydrogens (tertiary/aromatic N) is 3. The lowest BCUT2D eigenvalue weighted by atomic mass is 9.88. The molecule has 0 radical (unpaired) electrons. The van der Waals surface area contributed by atoms with E-state index in [0.29, 0.717) is 23.1 Å². The van der Waals surface area contributed by atoms with Gasteiger partial charge in [0.25, 0.3) is 0 Å². The van der Waals surface area contributed by atoms with Gasteiger partial charge in [0.15, 0.2) is 17.6 Å². The Kier molecular flexibility index (Phi) is 7.52. The zero-order valence-electron chi connectivity index (χ0n) is 23.6. The van der Waals surface area contributed by atoms with Gasteiger partial charge < -0.3 is 23.5 Å². The van der Waals surface area contributed by atoms with Gasteiger partial charge in [-0.15, -0.1) is 0 Å². The minimum atomic E-state index is -0.342. The highest BCUT2D eigenvalue weighted by Gasteiger charge is 2.30. The number of aromatic nitrogens is 2. The van der Waals surface area contributed by atoms with E-state index in [1.54, 1.807) is 6.07 Å². The molecule has 3 aromatic carbocycles. The van der Waals surface area contributed by atoms with Gasteiger partial charge in [0.1, 0.15) is 12.4 Å². The van der Waals surface area contributed by atoms with Crippen molar-refractivity contribution in [3.63, 3.8) is 0 Å². The predicted molar refractivity (Wildman–Crippen MR) is 159 cm³/mol. The van der Waals surface area contributed by atoms with E-state index in [0.717, 1.165) is 86.0 Å². The topological polar surface area (TPSA) is 75.0 Å². The number of likely N-dealkylation sites (tertiary alicyclic amines) is 1. The molecule has 9 heteroatoms. The summed E-state index contributed by atoms with van der Waals surface area (Å²) in [6.07, 6.45) is 3.08. The van der Waals surface area contributed by atoms with Gasteiger partial charge in [-0.25, -0.2) is 9.78 Å². The molecule has 2 fully saturated rings. The van der Waals surface area contributed by atoms with Crippen LogP contribution in [0.15, 0.2) is 60.7 Å². The largest absolute Gasteiger partial charge is 0.485 e. The van der Waals surface area contributed by atoms with Crippen LogP contribution in [0.4, 0.5) is 0 Å². The number of carbonyl (C=O) groups excluding carboxylic acids is 1. The van der Waals surface area contributed by atoms with Crippen molar-refractivity contribution in [3.05, 3.63) is 88.2 Å². The number of para-hydroxylation sites is 1. The van der Waals surface area contributed by atoms with Crippen LogP contribution in [0.5, 0.6) is 11.5 Å². The van der Waals surface area contributed by atoms with Crippen molar-refractivity contribution in [1.82, 2.24) is 14.5 Å². The summed E-state index contributed by atoms with van der Waals surface area (Å²) in [5.74, 6) is 2.72. The third kappa shape index (κ3) is 5.35. The zero-order valence-corrected chi connectivity index (χ0v) is 24.4. The first kappa shape index (κ1) is 27.3. The molecule has 0 unspecified atom stereocenters. The first-order valence-corrected chi connectivity index (χ1v) is 15.0. The fourth-order valence-corrected chi connectivity index (χ4v) is 6.49. The number of rotatable bonds is 7. The molecular weight excluding hydrogens is 554 g/mol.